The summed E-state index contributed by atoms with van der Waals surface area (Å²) < 4.78 is 0. The Morgan fingerprint density at radius 1 is 1.26 bits per heavy atom. The number of likely N-dealkylation sites (N-methyl/N-ethyl adjacent to an activating group) is 1. The van der Waals surface area contributed by atoms with E-state index in [0.717, 1.165) is 23.1 Å². The van der Waals surface area contributed by atoms with Crippen molar-refractivity contribution in [3.05, 3.63) is 17.8 Å². The van der Waals surface area contributed by atoms with Crippen LogP contribution in [-0.4, -0.2) is 47.6 Å². The monoisotopic (exact) mass is 274 g/mol. The van der Waals surface area contributed by atoms with Crippen LogP contribution >= 0.6 is 11.3 Å². The van der Waals surface area contributed by atoms with Crippen molar-refractivity contribution in [3.8, 4) is 0 Å². The Labute approximate surface area is 117 Å². The second-order valence-electron chi connectivity index (χ2n) is 5.70. The fraction of sp³-hybridized carbons (Fsp3) is 0.571. The molecule has 100 valence electrons. The first-order chi connectivity index (χ1) is 9.33. The highest BCUT2D eigenvalue weighted by Gasteiger charge is 2.38. The molecule has 2 fully saturated rings. The van der Waals surface area contributed by atoms with E-state index in [4.69, 9.17) is 0 Å². The highest BCUT2D eigenvalue weighted by molar-refractivity contribution is 7.16. The molecule has 0 N–H and O–H groups in total. The maximum absolute atomic E-state index is 4.58. The standard InChI is InChI=1S/C14H18N4S/c1-17-5-2-10-3-6-18(12(10)8-17)13-11-4-7-19-14(11)16-9-15-13/h4,7,9-10,12H,2-3,5-6,8H2,1H3/t10-,12-/m1/s1. The third-order valence-electron chi connectivity index (χ3n) is 4.58. The van der Waals surface area contributed by atoms with E-state index in [1.165, 1.54) is 31.3 Å². The van der Waals surface area contributed by atoms with Crippen LogP contribution in [0, 0.1) is 5.92 Å². The molecule has 2 atom stereocenters. The van der Waals surface area contributed by atoms with Gasteiger partial charge in [-0.1, -0.05) is 0 Å². The SMILES string of the molecule is CN1CC[C@@H]2CCN(c3ncnc4sccc34)[C@@H]2C1. The molecule has 0 amide bonds. The minimum absolute atomic E-state index is 0.636. The van der Waals surface area contributed by atoms with Crippen LogP contribution in [0.5, 0.6) is 0 Å². The van der Waals surface area contributed by atoms with Gasteiger partial charge >= 0.3 is 0 Å². The predicted molar refractivity (Wildman–Crippen MR) is 78.8 cm³/mol. The zero-order chi connectivity index (χ0) is 12.8. The summed E-state index contributed by atoms with van der Waals surface area (Å²) in [5.74, 6) is 1.99. The van der Waals surface area contributed by atoms with E-state index in [1.54, 1.807) is 17.7 Å². The largest absolute Gasteiger partial charge is 0.351 e. The molecule has 2 aliphatic rings. The van der Waals surface area contributed by atoms with Gasteiger partial charge in [0.1, 0.15) is 17.0 Å². The second-order valence-corrected chi connectivity index (χ2v) is 6.59. The molecule has 4 nitrogen and oxygen atoms in total. The van der Waals surface area contributed by atoms with Gasteiger partial charge in [-0.25, -0.2) is 9.97 Å². The van der Waals surface area contributed by atoms with Gasteiger partial charge in [0.15, 0.2) is 0 Å². The number of hydrogen-bond acceptors (Lipinski definition) is 5. The number of nitrogens with zero attached hydrogens (tertiary/aromatic N) is 4. The zero-order valence-electron chi connectivity index (χ0n) is 11.1. The average molecular weight is 274 g/mol. The van der Waals surface area contributed by atoms with E-state index in [2.05, 4.69) is 38.3 Å². The smallest absolute Gasteiger partial charge is 0.141 e. The van der Waals surface area contributed by atoms with Crippen LogP contribution in [0.4, 0.5) is 5.82 Å². The highest BCUT2D eigenvalue weighted by atomic mass is 32.1. The maximum atomic E-state index is 4.58. The average Bonchev–Trinajstić information content (AvgIpc) is 3.03. The number of likely N-dealkylation sites (tertiary alicyclic amines) is 1. The molecule has 2 saturated heterocycles. The quantitative estimate of drug-likeness (QED) is 0.798. The summed E-state index contributed by atoms with van der Waals surface area (Å²) in [6.07, 6.45) is 4.36. The van der Waals surface area contributed by atoms with Crippen molar-refractivity contribution in [2.75, 3.05) is 31.6 Å². The summed E-state index contributed by atoms with van der Waals surface area (Å²) >= 11 is 1.70. The minimum atomic E-state index is 0.636. The van der Waals surface area contributed by atoms with Crippen molar-refractivity contribution in [3.63, 3.8) is 0 Å². The van der Waals surface area contributed by atoms with Crippen LogP contribution in [0.25, 0.3) is 10.2 Å². The number of thiophene rings is 1. The summed E-state index contributed by atoms with van der Waals surface area (Å²) in [4.78, 5) is 15.0. The van der Waals surface area contributed by atoms with Gasteiger partial charge in [0.25, 0.3) is 0 Å². The van der Waals surface area contributed by atoms with Crippen LogP contribution < -0.4 is 4.90 Å². The van der Waals surface area contributed by atoms with Crippen molar-refractivity contribution >= 4 is 27.4 Å². The van der Waals surface area contributed by atoms with Gasteiger partial charge in [-0.3, -0.25) is 0 Å². The molecule has 5 heteroatoms. The number of fused-ring (bicyclic) bond motifs is 2. The van der Waals surface area contributed by atoms with Crippen molar-refractivity contribution in [2.45, 2.75) is 18.9 Å². The summed E-state index contributed by atoms with van der Waals surface area (Å²) in [6.45, 7) is 3.55. The van der Waals surface area contributed by atoms with Crippen LogP contribution in [0.1, 0.15) is 12.8 Å². The lowest BCUT2D eigenvalue weighted by atomic mass is 9.92. The van der Waals surface area contributed by atoms with Gasteiger partial charge < -0.3 is 9.80 Å². The number of anilines is 1. The van der Waals surface area contributed by atoms with Gasteiger partial charge in [-0.05, 0) is 43.8 Å². The van der Waals surface area contributed by atoms with Crippen LogP contribution in [-0.2, 0) is 0 Å². The van der Waals surface area contributed by atoms with Crippen molar-refractivity contribution in [1.82, 2.24) is 14.9 Å². The molecular formula is C14H18N4S. The van der Waals surface area contributed by atoms with E-state index in [-0.39, 0.29) is 0 Å². The number of rotatable bonds is 1. The Bertz CT molecular complexity index is 596. The molecule has 0 unspecified atom stereocenters. The molecule has 0 bridgehead atoms. The van der Waals surface area contributed by atoms with Gasteiger partial charge in [-0.15, -0.1) is 11.3 Å². The minimum Gasteiger partial charge on any atom is -0.351 e. The molecule has 0 aliphatic carbocycles. The van der Waals surface area contributed by atoms with E-state index < -0.39 is 0 Å². The Balaban J connectivity index is 1.74. The molecular weight excluding hydrogens is 256 g/mol. The zero-order valence-corrected chi connectivity index (χ0v) is 11.9. The summed E-state index contributed by atoms with van der Waals surface area (Å²) in [5.41, 5.74) is 0. The van der Waals surface area contributed by atoms with Crippen LogP contribution in [0.2, 0.25) is 0 Å². The lowest BCUT2D eigenvalue weighted by Crippen LogP contribution is -2.47. The number of piperidine rings is 1. The summed E-state index contributed by atoms with van der Waals surface area (Å²) in [7, 11) is 2.23. The number of hydrogen-bond donors (Lipinski definition) is 0. The summed E-state index contributed by atoms with van der Waals surface area (Å²) in [5, 5.41) is 3.34. The Morgan fingerprint density at radius 3 is 3.11 bits per heavy atom. The van der Waals surface area contributed by atoms with Crippen molar-refractivity contribution in [1.29, 1.82) is 0 Å². The molecule has 2 aromatic rings. The van der Waals surface area contributed by atoms with Gasteiger partial charge in [-0.2, -0.15) is 0 Å². The molecule has 0 aromatic carbocycles. The van der Waals surface area contributed by atoms with E-state index in [0.29, 0.717) is 6.04 Å². The first-order valence-corrected chi connectivity index (χ1v) is 7.84. The third-order valence-corrected chi connectivity index (χ3v) is 5.40. The fourth-order valence-corrected chi connectivity index (χ4v) is 4.29. The van der Waals surface area contributed by atoms with E-state index >= 15 is 0 Å². The second kappa shape index (κ2) is 4.42. The van der Waals surface area contributed by atoms with Gasteiger partial charge in [0, 0.05) is 19.1 Å². The lowest BCUT2D eigenvalue weighted by molar-refractivity contribution is 0.208. The van der Waals surface area contributed by atoms with Crippen LogP contribution in [0.3, 0.4) is 0 Å². The maximum Gasteiger partial charge on any atom is 0.141 e. The Morgan fingerprint density at radius 2 is 2.16 bits per heavy atom. The predicted octanol–water partition coefficient (Wildman–Crippen LogP) is 2.22. The van der Waals surface area contributed by atoms with Crippen LogP contribution in [0.15, 0.2) is 17.8 Å². The Kier molecular flexibility index (Phi) is 2.70. The van der Waals surface area contributed by atoms with Gasteiger partial charge in [0.05, 0.1) is 5.39 Å². The Hall–Kier alpha value is -1.20. The van der Waals surface area contributed by atoms with Gasteiger partial charge in [0.2, 0.25) is 0 Å². The molecule has 0 saturated carbocycles. The molecule has 0 spiro atoms. The van der Waals surface area contributed by atoms with E-state index in [1.807, 2.05) is 0 Å². The molecule has 4 heterocycles. The molecule has 4 rings (SSSR count). The third kappa shape index (κ3) is 1.83. The van der Waals surface area contributed by atoms with E-state index in [9.17, 15) is 0 Å². The topological polar surface area (TPSA) is 32.3 Å². The first kappa shape index (κ1) is 11.6. The molecule has 19 heavy (non-hydrogen) atoms. The fourth-order valence-electron chi connectivity index (χ4n) is 3.57. The first-order valence-electron chi connectivity index (χ1n) is 6.96. The molecule has 2 aliphatic heterocycles. The van der Waals surface area contributed by atoms with Crippen molar-refractivity contribution in [2.24, 2.45) is 5.92 Å². The number of aromatic nitrogens is 2. The molecule has 2 aromatic heterocycles. The molecule has 0 radical (unpaired) electrons. The van der Waals surface area contributed by atoms with Crippen molar-refractivity contribution < 1.29 is 0 Å². The highest BCUT2D eigenvalue weighted by Crippen LogP contribution is 2.37. The normalized spacial score (nSPS) is 27.9. The lowest BCUT2D eigenvalue weighted by Gasteiger charge is -2.37. The summed E-state index contributed by atoms with van der Waals surface area (Å²) in [6, 6.07) is 2.80.